The molecular formula is C8H17BrO. The molecule has 0 aliphatic carbocycles. The fourth-order valence-corrected chi connectivity index (χ4v) is 1.27. The Balaban J connectivity index is 3.00. The standard InChI is InChI=1S/C8H17BrO/c1-3-5-6-8(9)7-10-4-2/h8H,3-7H2,1-2H3. The summed E-state index contributed by atoms with van der Waals surface area (Å²) in [6, 6.07) is 0. The molecule has 10 heavy (non-hydrogen) atoms. The van der Waals surface area contributed by atoms with Crippen molar-refractivity contribution in [3.8, 4) is 0 Å². The molecule has 0 N–H and O–H groups in total. The minimum absolute atomic E-state index is 0.562. The summed E-state index contributed by atoms with van der Waals surface area (Å²) < 4.78 is 5.25. The maximum absolute atomic E-state index is 5.25. The SMILES string of the molecule is CCCCC(Br)COCC. The Labute approximate surface area is 72.3 Å². The zero-order valence-electron chi connectivity index (χ0n) is 6.90. The van der Waals surface area contributed by atoms with Gasteiger partial charge in [0.15, 0.2) is 0 Å². The second kappa shape index (κ2) is 7.55. The minimum atomic E-state index is 0.562. The molecule has 0 aromatic heterocycles. The molecule has 0 saturated carbocycles. The molecular weight excluding hydrogens is 192 g/mol. The predicted octanol–water partition coefficient (Wildman–Crippen LogP) is 2.98. The van der Waals surface area contributed by atoms with E-state index < -0.39 is 0 Å². The summed E-state index contributed by atoms with van der Waals surface area (Å²) in [5.74, 6) is 0. The predicted molar refractivity (Wildman–Crippen MR) is 48.7 cm³/mol. The Morgan fingerprint density at radius 2 is 2.10 bits per heavy atom. The van der Waals surface area contributed by atoms with E-state index in [-0.39, 0.29) is 0 Å². The first kappa shape index (κ1) is 10.4. The Kier molecular flexibility index (Phi) is 7.88. The Bertz CT molecular complexity index is 58.3. The highest BCUT2D eigenvalue weighted by Crippen LogP contribution is 2.09. The summed E-state index contributed by atoms with van der Waals surface area (Å²) in [5, 5.41) is 0. The average Bonchev–Trinajstić information content (AvgIpc) is 1.97. The van der Waals surface area contributed by atoms with Gasteiger partial charge in [0, 0.05) is 11.4 Å². The van der Waals surface area contributed by atoms with E-state index in [1.165, 1.54) is 19.3 Å². The number of ether oxygens (including phenoxy) is 1. The van der Waals surface area contributed by atoms with Crippen LogP contribution >= 0.6 is 15.9 Å². The van der Waals surface area contributed by atoms with Crippen LogP contribution in [0.5, 0.6) is 0 Å². The summed E-state index contributed by atoms with van der Waals surface area (Å²) in [6.07, 6.45) is 3.80. The van der Waals surface area contributed by atoms with Crippen molar-refractivity contribution in [3.05, 3.63) is 0 Å². The number of unbranched alkanes of at least 4 members (excludes halogenated alkanes) is 1. The largest absolute Gasteiger partial charge is 0.381 e. The van der Waals surface area contributed by atoms with E-state index in [2.05, 4.69) is 22.9 Å². The van der Waals surface area contributed by atoms with E-state index in [1.807, 2.05) is 6.92 Å². The summed E-state index contributed by atoms with van der Waals surface area (Å²) >= 11 is 3.55. The lowest BCUT2D eigenvalue weighted by molar-refractivity contribution is 0.148. The maximum atomic E-state index is 5.25. The molecule has 0 amide bonds. The van der Waals surface area contributed by atoms with Crippen molar-refractivity contribution < 1.29 is 4.74 Å². The van der Waals surface area contributed by atoms with Crippen molar-refractivity contribution in [1.29, 1.82) is 0 Å². The summed E-state index contributed by atoms with van der Waals surface area (Å²) in [7, 11) is 0. The molecule has 1 nitrogen and oxygen atoms in total. The highest BCUT2D eigenvalue weighted by Gasteiger charge is 2.01. The third kappa shape index (κ3) is 6.56. The van der Waals surface area contributed by atoms with Gasteiger partial charge in [-0.2, -0.15) is 0 Å². The van der Waals surface area contributed by atoms with Crippen LogP contribution in [0.1, 0.15) is 33.1 Å². The number of hydrogen-bond donors (Lipinski definition) is 0. The van der Waals surface area contributed by atoms with Crippen LogP contribution in [-0.2, 0) is 4.74 Å². The van der Waals surface area contributed by atoms with Gasteiger partial charge in [-0.15, -0.1) is 0 Å². The highest BCUT2D eigenvalue weighted by atomic mass is 79.9. The first-order valence-corrected chi connectivity index (χ1v) is 4.94. The molecule has 0 radical (unpaired) electrons. The third-order valence-electron chi connectivity index (χ3n) is 1.37. The van der Waals surface area contributed by atoms with Gasteiger partial charge in [0.2, 0.25) is 0 Å². The van der Waals surface area contributed by atoms with Crippen LogP contribution in [0.3, 0.4) is 0 Å². The van der Waals surface area contributed by atoms with Gasteiger partial charge in [0.1, 0.15) is 0 Å². The molecule has 0 bridgehead atoms. The van der Waals surface area contributed by atoms with Crippen molar-refractivity contribution >= 4 is 15.9 Å². The van der Waals surface area contributed by atoms with Gasteiger partial charge in [-0.1, -0.05) is 35.7 Å². The lowest BCUT2D eigenvalue weighted by atomic mass is 10.2. The average molecular weight is 209 g/mol. The Hall–Kier alpha value is 0.440. The van der Waals surface area contributed by atoms with Crippen molar-refractivity contribution in [1.82, 2.24) is 0 Å². The normalized spacial score (nSPS) is 13.5. The summed E-state index contributed by atoms with van der Waals surface area (Å²) in [5.41, 5.74) is 0. The van der Waals surface area contributed by atoms with E-state index in [0.29, 0.717) is 4.83 Å². The molecule has 1 unspecified atom stereocenters. The van der Waals surface area contributed by atoms with Gasteiger partial charge < -0.3 is 4.74 Å². The first-order chi connectivity index (χ1) is 4.81. The number of rotatable bonds is 6. The van der Waals surface area contributed by atoms with Gasteiger partial charge in [-0.3, -0.25) is 0 Å². The first-order valence-electron chi connectivity index (χ1n) is 4.03. The van der Waals surface area contributed by atoms with Crippen LogP contribution in [-0.4, -0.2) is 18.0 Å². The highest BCUT2D eigenvalue weighted by molar-refractivity contribution is 9.09. The molecule has 0 aliphatic heterocycles. The quantitative estimate of drug-likeness (QED) is 0.611. The minimum Gasteiger partial charge on any atom is -0.381 e. The molecule has 0 fully saturated rings. The topological polar surface area (TPSA) is 9.23 Å². The molecule has 0 saturated heterocycles. The third-order valence-corrected chi connectivity index (χ3v) is 2.10. The second-order valence-electron chi connectivity index (χ2n) is 2.40. The van der Waals surface area contributed by atoms with E-state index in [4.69, 9.17) is 4.74 Å². The van der Waals surface area contributed by atoms with E-state index >= 15 is 0 Å². The zero-order valence-corrected chi connectivity index (χ0v) is 8.49. The van der Waals surface area contributed by atoms with Crippen LogP contribution in [0.25, 0.3) is 0 Å². The molecule has 2 heteroatoms. The lowest BCUT2D eigenvalue weighted by Gasteiger charge is -2.07. The van der Waals surface area contributed by atoms with Crippen LogP contribution in [0.2, 0.25) is 0 Å². The van der Waals surface area contributed by atoms with E-state index in [9.17, 15) is 0 Å². The zero-order chi connectivity index (χ0) is 7.82. The number of hydrogen-bond acceptors (Lipinski definition) is 1. The van der Waals surface area contributed by atoms with Crippen LogP contribution in [0, 0.1) is 0 Å². The molecule has 62 valence electrons. The van der Waals surface area contributed by atoms with Crippen LogP contribution in [0.4, 0.5) is 0 Å². The monoisotopic (exact) mass is 208 g/mol. The molecule has 1 atom stereocenters. The van der Waals surface area contributed by atoms with Crippen molar-refractivity contribution in [2.45, 2.75) is 37.9 Å². The molecule has 0 aromatic carbocycles. The fraction of sp³-hybridized carbons (Fsp3) is 1.00. The molecule has 0 aromatic rings. The van der Waals surface area contributed by atoms with Crippen LogP contribution in [0.15, 0.2) is 0 Å². The van der Waals surface area contributed by atoms with E-state index in [1.54, 1.807) is 0 Å². The van der Waals surface area contributed by atoms with E-state index in [0.717, 1.165) is 13.2 Å². The van der Waals surface area contributed by atoms with Gasteiger partial charge >= 0.3 is 0 Å². The summed E-state index contributed by atoms with van der Waals surface area (Å²) in [6.45, 7) is 5.92. The van der Waals surface area contributed by atoms with Gasteiger partial charge in [0.25, 0.3) is 0 Å². The van der Waals surface area contributed by atoms with Crippen LogP contribution < -0.4 is 0 Å². The number of halogens is 1. The fourth-order valence-electron chi connectivity index (χ4n) is 0.755. The van der Waals surface area contributed by atoms with Gasteiger partial charge in [0.05, 0.1) is 6.61 Å². The molecule has 0 rings (SSSR count). The number of alkyl halides is 1. The van der Waals surface area contributed by atoms with Crippen molar-refractivity contribution in [2.24, 2.45) is 0 Å². The summed E-state index contributed by atoms with van der Waals surface area (Å²) in [4.78, 5) is 0.562. The second-order valence-corrected chi connectivity index (χ2v) is 3.69. The Morgan fingerprint density at radius 3 is 2.60 bits per heavy atom. The van der Waals surface area contributed by atoms with Gasteiger partial charge in [-0.05, 0) is 13.3 Å². The van der Waals surface area contributed by atoms with Crippen molar-refractivity contribution in [3.63, 3.8) is 0 Å². The van der Waals surface area contributed by atoms with Gasteiger partial charge in [-0.25, -0.2) is 0 Å². The molecule has 0 spiro atoms. The van der Waals surface area contributed by atoms with Crippen molar-refractivity contribution in [2.75, 3.05) is 13.2 Å². The molecule has 0 aliphatic rings. The Morgan fingerprint density at radius 1 is 1.40 bits per heavy atom. The maximum Gasteiger partial charge on any atom is 0.0591 e. The smallest absolute Gasteiger partial charge is 0.0591 e. The molecule has 0 heterocycles. The lowest BCUT2D eigenvalue weighted by Crippen LogP contribution is -2.07.